The van der Waals surface area contributed by atoms with Gasteiger partial charge in [0.05, 0.1) is 25.9 Å². The fraction of sp³-hybridized carbons (Fsp3) is 0.583. The second-order valence-electron chi connectivity index (χ2n) is 3.95. The van der Waals surface area contributed by atoms with Crippen LogP contribution in [0.4, 0.5) is 0 Å². The first-order valence-electron chi connectivity index (χ1n) is 5.40. The van der Waals surface area contributed by atoms with Gasteiger partial charge in [0.1, 0.15) is 0 Å². The largest absolute Gasteiger partial charge is 0.481 e. The molecule has 0 radical (unpaired) electrons. The van der Waals surface area contributed by atoms with E-state index in [0.29, 0.717) is 18.9 Å². The van der Waals surface area contributed by atoms with Crippen LogP contribution in [0.15, 0.2) is 18.3 Å². The molecule has 0 aliphatic carbocycles. The zero-order valence-electron chi connectivity index (χ0n) is 10.0. The van der Waals surface area contributed by atoms with Crippen molar-refractivity contribution in [3.8, 4) is 5.88 Å². The van der Waals surface area contributed by atoms with Crippen LogP contribution >= 0.6 is 0 Å². The summed E-state index contributed by atoms with van der Waals surface area (Å²) < 4.78 is 10.3. The molecule has 0 amide bonds. The van der Waals surface area contributed by atoms with Crippen molar-refractivity contribution in [2.24, 2.45) is 0 Å². The Bertz CT molecular complexity index is 298. The SMILES string of the molecule is COc1ccc(CC(O)COC(C)C)cn1. The average Bonchev–Trinajstić information content (AvgIpc) is 2.27. The van der Waals surface area contributed by atoms with Crippen LogP contribution in [0.1, 0.15) is 19.4 Å². The van der Waals surface area contributed by atoms with Crippen LogP contribution in [0.5, 0.6) is 5.88 Å². The lowest BCUT2D eigenvalue weighted by molar-refractivity contribution is 0.00618. The van der Waals surface area contributed by atoms with Gasteiger partial charge >= 0.3 is 0 Å². The van der Waals surface area contributed by atoms with E-state index in [1.807, 2.05) is 19.9 Å². The normalized spacial score (nSPS) is 12.8. The lowest BCUT2D eigenvalue weighted by Gasteiger charge is -2.13. The summed E-state index contributed by atoms with van der Waals surface area (Å²) in [5, 5.41) is 9.69. The summed E-state index contributed by atoms with van der Waals surface area (Å²) in [5.41, 5.74) is 0.973. The molecule has 0 saturated heterocycles. The Hall–Kier alpha value is -1.13. The van der Waals surface area contributed by atoms with E-state index in [0.717, 1.165) is 5.56 Å². The summed E-state index contributed by atoms with van der Waals surface area (Å²) >= 11 is 0. The molecule has 0 fully saturated rings. The zero-order valence-corrected chi connectivity index (χ0v) is 10.0. The molecule has 4 nitrogen and oxygen atoms in total. The van der Waals surface area contributed by atoms with E-state index in [9.17, 15) is 5.11 Å². The summed E-state index contributed by atoms with van der Waals surface area (Å²) in [4.78, 5) is 4.07. The molecule has 0 aliphatic rings. The Labute approximate surface area is 96.2 Å². The van der Waals surface area contributed by atoms with Crippen molar-refractivity contribution in [3.05, 3.63) is 23.9 Å². The van der Waals surface area contributed by atoms with Gasteiger partial charge in [0.2, 0.25) is 5.88 Å². The monoisotopic (exact) mass is 225 g/mol. The van der Waals surface area contributed by atoms with E-state index in [4.69, 9.17) is 9.47 Å². The predicted octanol–water partition coefficient (Wildman–Crippen LogP) is 1.42. The van der Waals surface area contributed by atoms with E-state index in [1.165, 1.54) is 0 Å². The molecule has 1 heterocycles. The first-order valence-corrected chi connectivity index (χ1v) is 5.40. The standard InChI is InChI=1S/C12H19NO3/c1-9(2)16-8-11(14)6-10-4-5-12(15-3)13-7-10/h4-5,7,9,11,14H,6,8H2,1-3H3. The Morgan fingerprint density at radius 2 is 2.12 bits per heavy atom. The number of ether oxygens (including phenoxy) is 2. The molecule has 1 unspecified atom stereocenters. The number of aliphatic hydroxyl groups excluding tert-OH is 1. The van der Waals surface area contributed by atoms with Crippen LogP contribution in [0, 0.1) is 0 Å². The Morgan fingerprint density at radius 1 is 1.38 bits per heavy atom. The topological polar surface area (TPSA) is 51.6 Å². The van der Waals surface area contributed by atoms with Crippen molar-refractivity contribution in [1.29, 1.82) is 0 Å². The zero-order chi connectivity index (χ0) is 12.0. The van der Waals surface area contributed by atoms with Gasteiger partial charge in [-0.3, -0.25) is 0 Å². The van der Waals surface area contributed by atoms with Crippen molar-refractivity contribution in [3.63, 3.8) is 0 Å². The fourth-order valence-corrected chi connectivity index (χ4v) is 1.29. The van der Waals surface area contributed by atoms with Gasteiger partial charge in [-0.1, -0.05) is 6.07 Å². The van der Waals surface area contributed by atoms with Crippen molar-refractivity contribution >= 4 is 0 Å². The molecule has 1 atom stereocenters. The first kappa shape index (κ1) is 12.9. The molecular weight excluding hydrogens is 206 g/mol. The highest BCUT2D eigenvalue weighted by Crippen LogP contribution is 2.09. The highest BCUT2D eigenvalue weighted by atomic mass is 16.5. The molecule has 4 heteroatoms. The maximum atomic E-state index is 9.69. The summed E-state index contributed by atoms with van der Waals surface area (Å²) in [7, 11) is 1.58. The number of aliphatic hydroxyl groups is 1. The molecular formula is C12H19NO3. The van der Waals surface area contributed by atoms with Crippen molar-refractivity contribution in [2.75, 3.05) is 13.7 Å². The predicted molar refractivity (Wildman–Crippen MR) is 61.6 cm³/mol. The Balaban J connectivity index is 2.40. The lowest BCUT2D eigenvalue weighted by atomic mass is 10.1. The van der Waals surface area contributed by atoms with Crippen molar-refractivity contribution < 1.29 is 14.6 Å². The van der Waals surface area contributed by atoms with Gasteiger partial charge in [-0.2, -0.15) is 0 Å². The molecule has 0 saturated carbocycles. The van der Waals surface area contributed by atoms with Crippen LogP contribution in [-0.2, 0) is 11.2 Å². The molecule has 1 N–H and O–H groups in total. The van der Waals surface area contributed by atoms with Gasteiger partial charge in [-0.25, -0.2) is 4.98 Å². The summed E-state index contributed by atoms with van der Waals surface area (Å²) in [6.45, 7) is 4.24. The highest BCUT2D eigenvalue weighted by molar-refractivity contribution is 5.18. The maximum absolute atomic E-state index is 9.69. The Morgan fingerprint density at radius 3 is 2.62 bits per heavy atom. The summed E-state index contributed by atoms with van der Waals surface area (Å²) in [5.74, 6) is 0.580. The number of nitrogens with zero attached hydrogens (tertiary/aromatic N) is 1. The molecule has 90 valence electrons. The number of hydrogen-bond acceptors (Lipinski definition) is 4. The van der Waals surface area contributed by atoms with Gasteiger partial charge in [0.25, 0.3) is 0 Å². The molecule has 0 spiro atoms. The van der Waals surface area contributed by atoms with E-state index in [2.05, 4.69) is 4.98 Å². The highest BCUT2D eigenvalue weighted by Gasteiger charge is 2.07. The number of pyridine rings is 1. The van der Waals surface area contributed by atoms with E-state index < -0.39 is 6.10 Å². The minimum atomic E-state index is -0.488. The van der Waals surface area contributed by atoms with E-state index in [-0.39, 0.29) is 6.10 Å². The first-order chi connectivity index (χ1) is 7.61. The maximum Gasteiger partial charge on any atom is 0.212 e. The smallest absolute Gasteiger partial charge is 0.212 e. The third kappa shape index (κ3) is 4.59. The molecule has 1 aromatic heterocycles. The van der Waals surface area contributed by atoms with Crippen LogP contribution in [0.3, 0.4) is 0 Å². The second kappa shape index (κ2) is 6.45. The van der Waals surface area contributed by atoms with Gasteiger partial charge in [-0.05, 0) is 19.4 Å². The van der Waals surface area contributed by atoms with E-state index >= 15 is 0 Å². The average molecular weight is 225 g/mol. The van der Waals surface area contributed by atoms with Crippen molar-refractivity contribution in [1.82, 2.24) is 4.98 Å². The van der Waals surface area contributed by atoms with Crippen LogP contribution < -0.4 is 4.74 Å². The number of aromatic nitrogens is 1. The van der Waals surface area contributed by atoms with Crippen LogP contribution in [-0.4, -0.2) is 36.0 Å². The molecule has 0 bridgehead atoms. The molecule has 0 aliphatic heterocycles. The summed E-state index contributed by atoms with van der Waals surface area (Å²) in [6.07, 6.45) is 1.91. The van der Waals surface area contributed by atoms with Gasteiger partial charge in [0.15, 0.2) is 0 Å². The number of methoxy groups -OCH3 is 1. The Kier molecular flexibility index (Phi) is 5.22. The van der Waals surface area contributed by atoms with Crippen molar-refractivity contribution in [2.45, 2.75) is 32.5 Å². The third-order valence-electron chi connectivity index (χ3n) is 2.10. The van der Waals surface area contributed by atoms with Gasteiger partial charge in [0, 0.05) is 18.7 Å². The van der Waals surface area contributed by atoms with Gasteiger partial charge < -0.3 is 14.6 Å². The van der Waals surface area contributed by atoms with E-state index in [1.54, 1.807) is 19.4 Å². The van der Waals surface area contributed by atoms with Crippen LogP contribution in [0.25, 0.3) is 0 Å². The molecule has 1 rings (SSSR count). The second-order valence-corrected chi connectivity index (χ2v) is 3.95. The fourth-order valence-electron chi connectivity index (χ4n) is 1.29. The van der Waals surface area contributed by atoms with Crippen LogP contribution in [0.2, 0.25) is 0 Å². The molecule has 0 aromatic carbocycles. The number of hydrogen-bond donors (Lipinski definition) is 1. The third-order valence-corrected chi connectivity index (χ3v) is 2.10. The molecule has 1 aromatic rings. The quantitative estimate of drug-likeness (QED) is 0.795. The van der Waals surface area contributed by atoms with Gasteiger partial charge in [-0.15, -0.1) is 0 Å². The molecule has 16 heavy (non-hydrogen) atoms. The minimum absolute atomic E-state index is 0.142. The number of rotatable bonds is 6. The minimum Gasteiger partial charge on any atom is -0.481 e. The summed E-state index contributed by atoms with van der Waals surface area (Å²) in [6, 6.07) is 3.68. The lowest BCUT2D eigenvalue weighted by Crippen LogP contribution is -2.20.